The highest BCUT2D eigenvalue weighted by Gasteiger charge is 2.39. The summed E-state index contributed by atoms with van der Waals surface area (Å²) in [5.41, 5.74) is 0.566. The lowest BCUT2D eigenvalue weighted by molar-refractivity contribution is -0.127. The van der Waals surface area contributed by atoms with Crippen molar-refractivity contribution in [1.82, 2.24) is 14.8 Å². The van der Waals surface area contributed by atoms with Gasteiger partial charge < -0.3 is 14.4 Å². The number of rotatable bonds is 4. The van der Waals surface area contributed by atoms with E-state index in [2.05, 4.69) is 4.98 Å². The molecule has 8 nitrogen and oxygen atoms in total. The van der Waals surface area contributed by atoms with Gasteiger partial charge in [0.1, 0.15) is 5.75 Å². The van der Waals surface area contributed by atoms with E-state index in [0.29, 0.717) is 42.4 Å². The topological polar surface area (TPSA) is 89.0 Å². The third-order valence-electron chi connectivity index (χ3n) is 4.62. The molecule has 0 spiro atoms. The number of benzene rings is 1. The van der Waals surface area contributed by atoms with Crippen LogP contribution in [0.5, 0.6) is 10.9 Å². The normalized spacial score (nSPS) is 17.9. The standard InChI is InChI=1S/C18H17N3O5S/c22-15-11-25-18(24)21(15)13-5-8-20(9-6-13)16(23)12-1-3-14(4-2-12)26-17-19-7-10-27-17/h1-4,7,10,13H,5-6,8-9,11H2. The molecule has 27 heavy (non-hydrogen) atoms. The molecule has 0 unspecified atom stereocenters. The Hall–Kier alpha value is -2.94. The second kappa shape index (κ2) is 7.36. The second-order valence-corrected chi connectivity index (χ2v) is 7.12. The lowest BCUT2D eigenvalue weighted by Gasteiger charge is -2.34. The predicted molar refractivity (Wildman–Crippen MR) is 95.7 cm³/mol. The fourth-order valence-corrected chi connectivity index (χ4v) is 3.76. The molecule has 2 aliphatic heterocycles. The highest BCUT2D eigenvalue weighted by atomic mass is 32.1. The quantitative estimate of drug-likeness (QED) is 0.801. The van der Waals surface area contributed by atoms with E-state index >= 15 is 0 Å². The van der Waals surface area contributed by atoms with Crippen LogP contribution in [0.2, 0.25) is 0 Å². The van der Waals surface area contributed by atoms with Gasteiger partial charge >= 0.3 is 6.09 Å². The zero-order chi connectivity index (χ0) is 18.8. The molecule has 0 N–H and O–H groups in total. The number of piperidine rings is 1. The van der Waals surface area contributed by atoms with Gasteiger partial charge in [-0.1, -0.05) is 11.3 Å². The maximum atomic E-state index is 12.7. The molecule has 2 aliphatic rings. The van der Waals surface area contributed by atoms with Crippen molar-refractivity contribution in [2.24, 2.45) is 0 Å². The first-order chi connectivity index (χ1) is 13.1. The van der Waals surface area contributed by atoms with Crippen LogP contribution >= 0.6 is 11.3 Å². The van der Waals surface area contributed by atoms with E-state index in [9.17, 15) is 14.4 Å². The van der Waals surface area contributed by atoms with Crippen molar-refractivity contribution in [1.29, 1.82) is 0 Å². The average molecular weight is 387 g/mol. The van der Waals surface area contributed by atoms with Crippen LogP contribution in [0.4, 0.5) is 4.79 Å². The van der Waals surface area contributed by atoms with Crippen molar-refractivity contribution in [3.63, 3.8) is 0 Å². The Labute approximate surface area is 159 Å². The second-order valence-electron chi connectivity index (χ2n) is 6.27. The lowest BCUT2D eigenvalue weighted by Crippen LogP contribution is -2.48. The molecule has 2 fully saturated rings. The van der Waals surface area contributed by atoms with Gasteiger partial charge in [-0.3, -0.25) is 9.59 Å². The third kappa shape index (κ3) is 3.63. The van der Waals surface area contributed by atoms with E-state index in [-0.39, 0.29) is 24.5 Å². The molecule has 1 aromatic heterocycles. The van der Waals surface area contributed by atoms with Gasteiger partial charge in [-0.15, -0.1) is 0 Å². The number of aromatic nitrogens is 1. The molecular formula is C18H17N3O5S. The molecule has 1 aromatic carbocycles. The van der Waals surface area contributed by atoms with Crippen LogP contribution in [0.3, 0.4) is 0 Å². The van der Waals surface area contributed by atoms with Crippen molar-refractivity contribution in [3.8, 4) is 10.9 Å². The number of hydrogen-bond acceptors (Lipinski definition) is 7. The zero-order valence-corrected chi connectivity index (χ0v) is 15.2. The van der Waals surface area contributed by atoms with Crippen LogP contribution in [0.15, 0.2) is 35.8 Å². The first kappa shape index (κ1) is 17.5. The van der Waals surface area contributed by atoms with Crippen LogP contribution in [0.25, 0.3) is 0 Å². The van der Waals surface area contributed by atoms with Crippen molar-refractivity contribution in [2.45, 2.75) is 18.9 Å². The maximum Gasteiger partial charge on any atom is 0.417 e. The Morgan fingerprint density at radius 3 is 2.52 bits per heavy atom. The van der Waals surface area contributed by atoms with Gasteiger partial charge in [-0.05, 0) is 37.1 Å². The number of thiazole rings is 1. The fraction of sp³-hybridized carbons (Fsp3) is 0.333. The summed E-state index contributed by atoms with van der Waals surface area (Å²) in [7, 11) is 0. The van der Waals surface area contributed by atoms with E-state index in [1.807, 2.05) is 5.38 Å². The molecule has 3 amide bonds. The average Bonchev–Trinajstić information content (AvgIpc) is 3.32. The lowest BCUT2D eigenvalue weighted by atomic mass is 10.0. The molecule has 9 heteroatoms. The summed E-state index contributed by atoms with van der Waals surface area (Å²) in [6.07, 6.45) is 2.19. The van der Waals surface area contributed by atoms with E-state index < -0.39 is 6.09 Å². The monoisotopic (exact) mass is 387 g/mol. The zero-order valence-electron chi connectivity index (χ0n) is 14.4. The Balaban J connectivity index is 1.35. The molecule has 140 valence electrons. The highest BCUT2D eigenvalue weighted by Crippen LogP contribution is 2.25. The number of likely N-dealkylation sites (tertiary alicyclic amines) is 1. The molecular weight excluding hydrogens is 370 g/mol. The Morgan fingerprint density at radius 2 is 1.93 bits per heavy atom. The van der Waals surface area contributed by atoms with E-state index in [1.165, 1.54) is 16.2 Å². The summed E-state index contributed by atoms with van der Waals surface area (Å²) in [5, 5.41) is 2.37. The molecule has 3 heterocycles. The Morgan fingerprint density at radius 1 is 1.19 bits per heavy atom. The van der Waals surface area contributed by atoms with E-state index in [1.54, 1.807) is 35.4 Å². The van der Waals surface area contributed by atoms with Gasteiger partial charge in [-0.2, -0.15) is 0 Å². The first-order valence-electron chi connectivity index (χ1n) is 8.57. The smallest absolute Gasteiger partial charge is 0.417 e. The summed E-state index contributed by atoms with van der Waals surface area (Å²) in [5.74, 6) is 0.233. The molecule has 0 saturated carbocycles. The summed E-state index contributed by atoms with van der Waals surface area (Å²) in [4.78, 5) is 43.1. The molecule has 2 saturated heterocycles. The largest absolute Gasteiger partial charge is 0.439 e. The number of ether oxygens (including phenoxy) is 2. The molecule has 0 atom stereocenters. The van der Waals surface area contributed by atoms with Crippen LogP contribution in [0, 0.1) is 0 Å². The van der Waals surface area contributed by atoms with Crippen LogP contribution in [-0.4, -0.2) is 58.4 Å². The Kier molecular flexibility index (Phi) is 4.76. The van der Waals surface area contributed by atoms with E-state index in [4.69, 9.17) is 9.47 Å². The van der Waals surface area contributed by atoms with Crippen molar-refractivity contribution in [3.05, 3.63) is 41.4 Å². The highest BCUT2D eigenvalue weighted by molar-refractivity contribution is 7.11. The van der Waals surface area contributed by atoms with Gasteiger partial charge in [0.2, 0.25) is 0 Å². The van der Waals surface area contributed by atoms with Gasteiger partial charge in [0.25, 0.3) is 17.0 Å². The van der Waals surface area contributed by atoms with Gasteiger partial charge in [0.15, 0.2) is 6.61 Å². The van der Waals surface area contributed by atoms with Gasteiger partial charge in [0, 0.05) is 36.3 Å². The summed E-state index contributed by atoms with van der Waals surface area (Å²) < 4.78 is 10.4. The van der Waals surface area contributed by atoms with Gasteiger partial charge in [-0.25, -0.2) is 14.7 Å². The summed E-state index contributed by atoms with van der Waals surface area (Å²) >= 11 is 1.39. The minimum absolute atomic E-state index is 0.0791. The number of cyclic esters (lactones) is 1. The minimum atomic E-state index is -0.583. The summed E-state index contributed by atoms with van der Waals surface area (Å²) in [6.45, 7) is 0.781. The SMILES string of the molecule is O=C(c1ccc(Oc2nccs2)cc1)N1CCC(N2C(=O)COC2=O)CC1. The predicted octanol–water partition coefficient (Wildman–Crippen LogP) is 2.52. The van der Waals surface area contributed by atoms with Gasteiger partial charge in [0.05, 0.1) is 0 Å². The first-order valence-corrected chi connectivity index (χ1v) is 9.45. The molecule has 0 radical (unpaired) electrons. The van der Waals surface area contributed by atoms with E-state index in [0.717, 1.165) is 0 Å². The molecule has 0 aliphatic carbocycles. The molecule has 2 aromatic rings. The van der Waals surface area contributed by atoms with Crippen LogP contribution in [-0.2, 0) is 9.53 Å². The molecule has 0 bridgehead atoms. The Bertz CT molecular complexity index is 828. The minimum Gasteiger partial charge on any atom is -0.439 e. The van der Waals surface area contributed by atoms with Crippen molar-refractivity contribution < 1.29 is 23.9 Å². The third-order valence-corrected chi connectivity index (χ3v) is 5.27. The van der Waals surface area contributed by atoms with Crippen LogP contribution < -0.4 is 4.74 Å². The molecule has 4 rings (SSSR count). The number of carbonyl (C=O) groups is 3. The number of nitrogens with zero attached hydrogens (tertiary/aromatic N) is 3. The van der Waals surface area contributed by atoms with Crippen LogP contribution in [0.1, 0.15) is 23.2 Å². The maximum absolute atomic E-state index is 12.7. The van der Waals surface area contributed by atoms with Crippen molar-refractivity contribution >= 4 is 29.2 Å². The number of imide groups is 1. The summed E-state index contributed by atoms with van der Waals surface area (Å²) in [6, 6.07) is 6.71. The number of hydrogen-bond donors (Lipinski definition) is 0. The number of carbonyl (C=O) groups excluding carboxylic acids is 3. The fourth-order valence-electron chi connectivity index (χ4n) is 3.25. The number of amides is 3. The van der Waals surface area contributed by atoms with Crippen molar-refractivity contribution in [2.75, 3.05) is 19.7 Å².